The van der Waals surface area contributed by atoms with Crippen molar-refractivity contribution in [3.8, 4) is 0 Å². The lowest BCUT2D eigenvalue weighted by Crippen LogP contribution is -2.50. The van der Waals surface area contributed by atoms with Crippen LogP contribution in [0, 0.1) is 5.92 Å². The number of nitrogens with zero attached hydrogens (tertiary/aromatic N) is 2. The Balaban J connectivity index is 2.23. The average Bonchev–Trinajstić information content (AvgIpc) is 2.65. The van der Waals surface area contributed by atoms with Gasteiger partial charge in [0.15, 0.2) is 5.96 Å². The number of guanidine groups is 1. The minimum Gasteiger partial charge on any atom is -0.369 e. The van der Waals surface area contributed by atoms with Gasteiger partial charge in [0.25, 0.3) is 0 Å². The predicted octanol–water partition coefficient (Wildman–Crippen LogP) is 3.78. The van der Waals surface area contributed by atoms with Crippen LogP contribution in [0.25, 0.3) is 0 Å². The molecule has 0 radical (unpaired) electrons. The average molecular weight is 324 g/mol. The van der Waals surface area contributed by atoms with Gasteiger partial charge in [0.2, 0.25) is 0 Å². The molecule has 0 spiro atoms. The molecule has 0 fully saturated rings. The summed E-state index contributed by atoms with van der Waals surface area (Å²) in [5, 5.41) is 0. The molecular formula is C15H22BrN3. The fraction of sp³-hybridized carbons (Fsp3) is 0.533. The third-order valence-electron chi connectivity index (χ3n) is 3.70. The lowest BCUT2D eigenvalue weighted by molar-refractivity contribution is 0.407. The number of halogens is 1. The van der Waals surface area contributed by atoms with Gasteiger partial charge in [-0.2, -0.15) is 0 Å². The normalized spacial score (nSPS) is 23.0. The standard InChI is InChI=1S/C15H22BrN3/c1-11(2)8-9-15(3)10-18-14(17)19(15)13-6-4-12(16)5-7-13/h4-7,11H,8-10H2,1-3H3,(H2,17,18). The monoisotopic (exact) mass is 323 g/mol. The van der Waals surface area contributed by atoms with Gasteiger partial charge in [-0.25, -0.2) is 0 Å². The molecule has 2 rings (SSSR count). The fourth-order valence-corrected chi connectivity index (χ4v) is 2.76. The van der Waals surface area contributed by atoms with Gasteiger partial charge in [-0.1, -0.05) is 29.8 Å². The van der Waals surface area contributed by atoms with Crippen LogP contribution in [0.5, 0.6) is 0 Å². The Morgan fingerprint density at radius 1 is 1.37 bits per heavy atom. The van der Waals surface area contributed by atoms with Gasteiger partial charge in [0.05, 0.1) is 12.1 Å². The molecule has 1 aliphatic rings. The van der Waals surface area contributed by atoms with Gasteiger partial charge in [0.1, 0.15) is 0 Å². The maximum atomic E-state index is 6.10. The highest BCUT2D eigenvalue weighted by Gasteiger charge is 2.38. The molecule has 0 aromatic heterocycles. The molecule has 4 heteroatoms. The van der Waals surface area contributed by atoms with E-state index in [1.54, 1.807) is 0 Å². The Morgan fingerprint density at radius 3 is 2.58 bits per heavy atom. The van der Waals surface area contributed by atoms with E-state index in [1.807, 2.05) is 12.1 Å². The number of hydrogen-bond acceptors (Lipinski definition) is 3. The number of rotatable bonds is 4. The largest absolute Gasteiger partial charge is 0.369 e. The summed E-state index contributed by atoms with van der Waals surface area (Å²) in [5.74, 6) is 1.33. The Kier molecular flexibility index (Phi) is 4.19. The number of nitrogens with two attached hydrogens (primary N) is 1. The van der Waals surface area contributed by atoms with E-state index in [9.17, 15) is 0 Å². The van der Waals surface area contributed by atoms with E-state index >= 15 is 0 Å². The second-order valence-corrected chi connectivity index (χ2v) is 6.83. The maximum Gasteiger partial charge on any atom is 0.196 e. The zero-order chi connectivity index (χ0) is 14.0. The zero-order valence-electron chi connectivity index (χ0n) is 11.9. The molecule has 0 amide bonds. The summed E-state index contributed by atoms with van der Waals surface area (Å²) in [4.78, 5) is 6.64. The quantitative estimate of drug-likeness (QED) is 0.916. The van der Waals surface area contributed by atoms with Crippen molar-refractivity contribution in [2.45, 2.75) is 39.2 Å². The van der Waals surface area contributed by atoms with Crippen molar-refractivity contribution in [2.24, 2.45) is 16.6 Å². The van der Waals surface area contributed by atoms with Gasteiger partial charge < -0.3 is 10.6 Å². The second-order valence-electron chi connectivity index (χ2n) is 5.92. The molecule has 0 saturated heterocycles. The van der Waals surface area contributed by atoms with Crippen molar-refractivity contribution in [1.82, 2.24) is 0 Å². The molecule has 0 aliphatic carbocycles. The summed E-state index contributed by atoms with van der Waals surface area (Å²) >= 11 is 3.47. The molecule has 104 valence electrons. The third kappa shape index (κ3) is 3.11. The molecule has 1 aliphatic heterocycles. The van der Waals surface area contributed by atoms with E-state index in [2.05, 4.69) is 58.7 Å². The number of benzene rings is 1. The highest BCUT2D eigenvalue weighted by atomic mass is 79.9. The Bertz CT molecular complexity index is 467. The molecule has 2 N–H and O–H groups in total. The molecule has 1 heterocycles. The van der Waals surface area contributed by atoms with Gasteiger partial charge in [-0.15, -0.1) is 0 Å². The van der Waals surface area contributed by atoms with Crippen LogP contribution in [0.2, 0.25) is 0 Å². The van der Waals surface area contributed by atoms with Gasteiger partial charge in [-0.3, -0.25) is 4.99 Å². The first-order chi connectivity index (χ1) is 8.92. The van der Waals surface area contributed by atoms with Crippen LogP contribution in [0.4, 0.5) is 5.69 Å². The first kappa shape index (κ1) is 14.4. The van der Waals surface area contributed by atoms with Crippen molar-refractivity contribution in [2.75, 3.05) is 11.4 Å². The van der Waals surface area contributed by atoms with Crippen molar-refractivity contribution in [3.05, 3.63) is 28.7 Å². The van der Waals surface area contributed by atoms with E-state index in [-0.39, 0.29) is 5.54 Å². The second kappa shape index (κ2) is 5.53. The molecular weight excluding hydrogens is 302 g/mol. The Morgan fingerprint density at radius 2 is 2.00 bits per heavy atom. The first-order valence-electron chi connectivity index (χ1n) is 6.78. The van der Waals surface area contributed by atoms with E-state index in [0.717, 1.165) is 23.1 Å². The summed E-state index contributed by atoms with van der Waals surface area (Å²) in [6.07, 6.45) is 2.29. The minimum atomic E-state index is 0.00217. The summed E-state index contributed by atoms with van der Waals surface area (Å²) in [7, 11) is 0. The van der Waals surface area contributed by atoms with Crippen LogP contribution in [0.1, 0.15) is 33.6 Å². The molecule has 19 heavy (non-hydrogen) atoms. The van der Waals surface area contributed by atoms with Crippen molar-refractivity contribution in [1.29, 1.82) is 0 Å². The van der Waals surface area contributed by atoms with Gasteiger partial charge in [-0.05, 0) is 49.9 Å². The minimum absolute atomic E-state index is 0.00217. The van der Waals surface area contributed by atoms with Gasteiger partial charge >= 0.3 is 0 Å². The van der Waals surface area contributed by atoms with Crippen LogP contribution in [-0.2, 0) is 0 Å². The summed E-state index contributed by atoms with van der Waals surface area (Å²) in [5.41, 5.74) is 7.22. The highest BCUT2D eigenvalue weighted by Crippen LogP contribution is 2.33. The van der Waals surface area contributed by atoms with Crippen molar-refractivity contribution >= 4 is 27.6 Å². The van der Waals surface area contributed by atoms with Crippen LogP contribution in [-0.4, -0.2) is 18.0 Å². The molecule has 1 aromatic rings. The summed E-state index contributed by atoms with van der Waals surface area (Å²) < 4.78 is 1.08. The van der Waals surface area contributed by atoms with E-state index in [0.29, 0.717) is 11.9 Å². The Hall–Kier alpha value is -1.03. The van der Waals surface area contributed by atoms with Crippen LogP contribution < -0.4 is 10.6 Å². The molecule has 0 bridgehead atoms. The van der Waals surface area contributed by atoms with E-state index < -0.39 is 0 Å². The van der Waals surface area contributed by atoms with Crippen LogP contribution >= 0.6 is 15.9 Å². The van der Waals surface area contributed by atoms with Crippen molar-refractivity contribution in [3.63, 3.8) is 0 Å². The topological polar surface area (TPSA) is 41.6 Å². The first-order valence-corrected chi connectivity index (χ1v) is 7.57. The molecule has 1 unspecified atom stereocenters. The summed E-state index contributed by atoms with van der Waals surface area (Å²) in [6.45, 7) is 7.54. The lowest BCUT2D eigenvalue weighted by atomic mass is 9.90. The lowest BCUT2D eigenvalue weighted by Gasteiger charge is -2.36. The maximum absolute atomic E-state index is 6.10. The van der Waals surface area contributed by atoms with Crippen LogP contribution in [0.15, 0.2) is 33.7 Å². The van der Waals surface area contributed by atoms with E-state index in [4.69, 9.17) is 5.73 Å². The molecule has 1 atom stereocenters. The number of hydrogen-bond donors (Lipinski definition) is 1. The molecule has 0 saturated carbocycles. The van der Waals surface area contributed by atoms with E-state index in [1.165, 1.54) is 6.42 Å². The summed E-state index contributed by atoms with van der Waals surface area (Å²) in [6, 6.07) is 8.27. The Labute approximate surface area is 124 Å². The van der Waals surface area contributed by atoms with Gasteiger partial charge in [0, 0.05) is 10.2 Å². The van der Waals surface area contributed by atoms with Crippen LogP contribution in [0.3, 0.4) is 0 Å². The predicted molar refractivity (Wildman–Crippen MR) is 85.6 cm³/mol. The zero-order valence-corrected chi connectivity index (χ0v) is 13.4. The SMILES string of the molecule is CC(C)CCC1(C)CN=C(N)N1c1ccc(Br)cc1. The van der Waals surface area contributed by atoms with Crippen molar-refractivity contribution < 1.29 is 0 Å². The fourth-order valence-electron chi connectivity index (χ4n) is 2.49. The molecule has 3 nitrogen and oxygen atoms in total. The smallest absolute Gasteiger partial charge is 0.196 e. The molecule has 1 aromatic carbocycles. The third-order valence-corrected chi connectivity index (χ3v) is 4.22. The number of anilines is 1. The highest BCUT2D eigenvalue weighted by molar-refractivity contribution is 9.10. The number of aliphatic imine (C=N–C) groups is 1.